The molecule has 0 aliphatic carbocycles. The summed E-state index contributed by atoms with van der Waals surface area (Å²) in [6.07, 6.45) is -0.0766. The van der Waals surface area contributed by atoms with Crippen LogP contribution in [-0.4, -0.2) is 18.4 Å². The summed E-state index contributed by atoms with van der Waals surface area (Å²) in [6.45, 7) is 4.07. The standard InChI is InChI=1S/C18H20FNO4/c1-4-13-5-8-17(12(2)9-13)24-11-14-6-7-15(19)10-16(14)20(22)18(21)23-3/h5-10,22H,4,11H2,1-3H3. The van der Waals surface area contributed by atoms with E-state index in [0.29, 0.717) is 11.3 Å². The van der Waals surface area contributed by atoms with E-state index in [2.05, 4.69) is 11.7 Å². The van der Waals surface area contributed by atoms with Crippen molar-refractivity contribution in [2.45, 2.75) is 26.9 Å². The minimum atomic E-state index is -1.01. The van der Waals surface area contributed by atoms with Crippen molar-refractivity contribution < 1.29 is 23.9 Å². The molecule has 0 fully saturated rings. The molecule has 0 saturated carbocycles. The maximum absolute atomic E-state index is 13.5. The highest BCUT2D eigenvalue weighted by Gasteiger charge is 2.18. The van der Waals surface area contributed by atoms with Crippen molar-refractivity contribution in [3.8, 4) is 5.75 Å². The van der Waals surface area contributed by atoms with Crippen LogP contribution >= 0.6 is 0 Å². The molecule has 0 aromatic heterocycles. The van der Waals surface area contributed by atoms with Crippen molar-refractivity contribution in [2.24, 2.45) is 0 Å². The zero-order valence-electron chi connectivity index (χ0n) is 13.9. The number of benzene rings is 2. The van der Waals surface area contributed by atoms with E-state index < -0.39 is 11.9 Å². The van der Waals surface area contributed by atoms with Gasteiger partial charge in [0.05, 0.1) is 12.8 Å². The molecule has 0 unspecified atom stereocenters. The molecule has 0 bridgehead atoms. The molecule has 5 nitrogen and oxygen atoms in total. The van der Waals surface area contributed by atoms with Gasteiger partial charge in [0.15, 0.2) is 0 Å². The second-order valence-electron chi connectivity index (χ2n) is 5.30. The number of aryl methyl sites for hydroxylation is 2. The number of hydrogen-bond donors (Lipinski definition) is 1. The van der Waals surface area contributed by atoms with Gasteiger partial charge < -0.3 is 9.47 Å². The number of methoxy groups -OCH3 is 1. The molecule has 0 radical (unpaired) electrons. The molecule has 0 heterocycles. The first-order valence-corrected chi connectivity index (χ1v) is 7.54. The quantitative estimate of drug-likeness (QED) is 0.657. The van der Waals surface area contributed by atoms with Gasteiger partial charge in [-0.2, -0.15) is 5.06 Å². The lowest BCUT2D eigenvalue weighted by molar-refractivity contribution is 0.140. The summed E-state index contributed by atoms with van der Waals surface area (Å²) in [5, 5.41) is 10.1. The molecular weight excluding hydrogens is 313 g/mol. The molecule has 0 aliphatic heterocycles. The zero-order chi connectivity index (χ0) is 17.7. The highest BCUT2D eigenvalue weighted by Crippen LogP contribution is 2.25. The Morgan fingerprint density at radius 2 is 2.00 bits per heavy atom. The lowest BCUT2D eigenvalue weighted by Crippen LogP contribution is -2.28. The predicted octanol–water partition coefficient (Wildman–Crippen LogP) is 4.24. The molecule has 128 valence electrons. The summed E-state index contributed by atoms with van der Waals surface area (Å²) in [5.74, 6) is 0.102. The van der Waals surface area contributed by atoms with Crippen molar-refractivity contribution >= 4 is 11.8 Å². The average Bonchev–Trinajstić information content (AvgIpc) is 2.59. The zero-order valence-corrected chi connectivity index (χ0v) is 13.9. The van der Waals surface area contributed by atoms with Gasteiger partial charge in [0, 0.05) is 11.6 Å². The van der Waals surface area contributed by atoms with E-state index >= 15 is 0 Å². The summed E-state index contributed by atoms with van der Waals surface area (Å²) < 4.78 is 23.7. The fourth-order valence-corrected chi connectivity index (χ4v) is 2.29. The molecule has 1 N–H and O–H groups in total. The topological polar surface area (TPSA) is 59.0 Å². The molecule has 0 atom stereocenters. The number of anilines is 1. The Kier molecular flexibility index (Phi) is 5.76. The highest BCUT2D eigenvalue weighted by atomic mass is 19.1. The Labute approximate surface area is 140 Å². The molecule has 1 amide bonds. The van der Waals surface area contributed by atoms with Gasteiger partial charge in [-0.05, 0) is 36.6 Å². The number of hydroxylamine groups is 1. The van der Waals surface area contributed by atoms with Crippen LogP contribution in [-0.2, 0) is 17.8 Å². The molecule has 2 aromatic carbocycles. The fourth-order valence-electron chi connectivity index (χ4n) is 2.29. The third-order valence-electron chi connectivity index (χ3n) is 3.65. The van der Waals surface area contributed by atoms with E-state index in [1.54, 1.807) is 0 Å². The van der Waals surface area contributed by atoms with Gasteiger partial charge >= 0.3 is 6.09 Å². The second-order valence-corrected chi connectivity index (χ2v) is 5.30. The Hall–Kier alpha value is -2.60. The highest BCUT2D eigenvalue weighted by molar-refractivity contribution is 5.85. The molecule has 0 spiro atoms. The van der Waals surface area contributed by atoms with E-state index in [1.807, 2.05) is 25.1 Å². The Bertz CT molecular complexity index is 733. The smallest absolute Gasteiger partial charge is 0.438 e. The van der Waals surface area contributed by atoms with Crippen LogP contribution in [0.3, 0.4) is 0 Å². The van der Waals surface area contributed by atoms with Crippen LogP contribution in [0.1, 0.15) is 23.6 Å². The minimum absolute atomic E-state index is 0.0234. The van der Waals surface area contributed by atoms with E-state index in [9.17, 15) is 14.4 Å². The monoisotopic (exact) mass is 333 g/mol. The third kappa shape index (κ3) is 4.02. The van der Waals surface area contributed by atoms with Crippen LogP contribution in [0.25, 0.3) is 0 Å². The summed E-state index contributed by atoms with van der Waals surface area (Å²) in [4.78, 5) is 11.5. The Morgan fingerprint density at radius 1 is 1.25 bits per heavy atom. The van der Waals surface area contributed by atoms with Gasteiger partial charge in [0.1, 0.15) is 18.2 Å². The van der Waals surface area contributed by atoms with Gasteiger partial charge in [-0.25, -0.2) is 9.18 Å². The number of amides is 1. The summed E-state index contributed by atoms with van der Waals surface area (Å²) in [7, 11) is 1.12. The van der Waals surface area contributed by atoms with Crippen molar-refractivity contribution in [1.29, 1.82) is 0 Å². The van der Waals surface area contributed by atoms with Crippen LogP contribution in [0.5, 0.6) is 5.75 Å². The molecule has 0 aliphatic rings. The second kappa shape index (κ2) is 7.79. The van der Waals surface area contributed by atoms with Crippen LogP contribution < -0.4 is 9.80 Å². The number of nitrogens with zero attached hydrogens (tertiary/aromatic N) is 1. The first kappa shape index (κ1) is 17.7. The number of ether oxygens (including phenoxy) is 2. The first-order valence-electron chi connectivity index (χ1n) is 7.54. The van der Waals surface area contributed by atoms with E-state index in [-0.39, 0.29) is 17.4 Å². The Morgan fingerprint density at radius 3 is 2.62 bits per heavy atom. The molecule has 6 heteroatoms. The molecular formula is C18H20FNO4. The van der Waals surface area contributed by atoms with Crippen LogP contribution in [0.15, 0.2) is 36.4 Å². The van der Waals surface area contributed by atoms with Crippen LogP contribution in [0, 0.1) is 12.7 Å². The summed E-state index contributed by atoms with van der Waals surface area (Å²) >= 11 is 0. The maximum atomic E-state index is 13.5. The maximum Gasteiger partial charge on any atom is 0.438 e. The van der Waals surface area contributed by atoms with Crippen molar-refractivity contribution in [3.63, 3.8) is 0 Å². The lowest BCUT2D eigenvalue weighted by atomic mass is 10.1. The molecule has 24 heavy (non-hydrogen) atoms. The lowest BCUT2D eigenvalue weighted by Gasteiger charge is -2.18. The van der Waals surface area contributed by atoms with Gasteiger partial charge in [0.25, 0.3) is 0 Å². The van der Waals surface area contributed by atoms with Gasteiger partial charge in [-0.15, -0.1) is 0 Å². The summed E-state index contributed by atoms with van der Waals surface area (Å²) in [5.41, 5.74) is 2.61. The minimum Gasteiger partial charge on any atom is -0.489 e. The Balaban J connectivity index is 2.22. The van der Waals surface area contributed by atoms with Gasteiger partial charge in [-0.3, -0.25) is 5.21 Å². The fraction of sp³-hybridized carbons (Fsp3) is 0.278. The number of halogens is 1. The number of hydrogen-bond acceptors (Lipinski definition) is 4. The van der Waals surface area contributed by atoms with Gasteiger partial charge in [-0.1, -0.05) is 25.1 Å². The van der Waals surface area contributed by atoms with Crippen LogP contribution in [0.2, 0.25) is 0 Å². The third-order valence-corrected chi connectivity index (χ3v) is 3.65. The molecule has 0 saturated heterocycles. The van der Waals surface area contributed by atoms with E-state index in [1.165, 1.54) is 17.7 Å². The predicted molar refractivity (Wildman–Crippen MR) is 88.0 cm³/mol. The summed E-state index contributed by atoms with van der Waals surface area (Å²) in [6, 6.07) is 9.61. The van der Waals surface area contributed by atoms with Crippen LogP contribution in [0.4, 0.5) is 14.9 Å². The number of carbonyl (C=O) groups excluding carboxylic acids is 1. The van der Waals surface area contributed by atoms with Crippen molar-refractivity contribution in [1.82, 2.24) is 0 Å². The molecule has 2 aromatic rings. The van der Waals surface area contributed by atoms with E-state index in [4.69, 9.17) is 4.74 Å². The SMILES string of the molecule is CCc1ccc(OCc2ccc(F)cc2N(O)C(=O)OC)c(C)c1. The first-order chi connectivity index (χ1) is 11.5. The largest absolute Gasteiger partial charge is 0.489 e. The number of rotatable bonds is 5. The van der Waals surface area contributed by atoms with Crippen molar-refractivity contribution in [2.75, 3.05) is 12.2 Å². The number of carbonyl (C=O) groups is 1. The molecule has 2 rings (SSSR count). The van der Waals surface area contributed by atoms with Crippen molar-refractivity contribution in [3.05, 3.63) is 58.9 Å². The van der Waals surface area contributed by atoms with E-state index in [0.717, 1.165) is 25.2 Å². The normalized spacial score (nSPS) is 10.4. The average molecular weight is 333 g/mol. The van der Waals surface area contributed by atoms with Gasteiger partial charge in [0.2, 0.25) is 0 Å².